The van der Waals surface area contributed by atoms with Crippen molar-refractivity contribution in [1.82, 2.24) is 14.8 Å². The lowest BCUT2D eigenvalue weighted by atomic mass is 10.1. The van der Waals surface area contributed by atoms with E-state index in [9.17, 15) is 0 Å². The third-order valence-corrected chi connectivity index (χ3v) is 2.50. The van der Waals surface area contributed by atoms with Crippen molar-refractivity contribution in [3.8, 4) is 0 Å². The molecule has 1 atom stereocenters. The largest absolute Gasteiger partial charge is 0.380 e. The van der Waals surface area contributed by atoms with Crippen LogP contribution in [0, 0.1) is 10.7 Å². The standard InChI is InChI=1S/C9H17N3OS/c1-4-13-5-8(7(2)3)12-6-10-11-9(12)14/h6-8H,4-5H2,1-3H3,(H,11,14). The lowest BCUT2D eigenvalue weighted by Crippen LogP contribution is -2.20. The van der Waals surface area contributed by atoms with Gasteiger partial charge in [-0.1, -0.05) is 13.8 Å². The fourth-order valence-corrected chi connectivity index (χ4v) is 1.56. The molecule has 0 saturated heterocycles. The summed E-state index contributed by atoms with van der Waals surface area (Å²) in [6.07, 6.45) is 1.73. The molecular weight excluding hydrogens is 198 g/mol. The van der Waals surface area contributed by atoms with Crippen molar-refractivity contribution in [2.75, 3.05) is 13.2 Å². The molecule has 1 aromatic heterocycles. The smallest absolute Gasteiger partial charge is 0.195 e. The number of nitrogens with zero attached hydrogens (tertiary/aromatic N) is 2. The van der Waals surface area contributed by atoms with Gasteiger partial charge >= 0.3 is 0 Å². The van der Waals surface area contributed by atoms with Crippen molar-refractivity contribution >= 4 is 12.2 Å². The second-order valence-corrected chi connectivity index (χ2v) is 3.93. The number of aromatic nitrogens is 3. The zero-order valence-corrected chi connectivity index (χ0v) is 9.67. The molecule has 0 spiro atoms. The fraction of sp³-hybridized carbons (Fsp3) is 0.778. The molecule has 0 amide bonds. The van der Waals surface area contributed by atoms with E-state index in [1.807, 2.05) is 11.5 Å². The van der Waals surface area contributed by atoms with Crippen molar-refractivity contribution in [2.24, 2.45) is 5.92 Å². The van der Waals surface area contributed by atoms with Crippen molar-refractivity contribution in [3.05, 3.63) is 11.1 Å². The first kappa shape index (κ1) is 11.4. The number of ether oxygens (including phenoxy) is 1. The molecule has 0 aliphatic rings. The van der Waals surface area contributed by atoms with Crippen LogP contribution in [0.15, 0.2) is 6.33 Å². The molecule has 0 radical (unpaired) electrons. The van der Waals surface area contributed by atoms with Crippen molar-refractivity contribution in [1.29, 1.82) is 0 Å². The molecule has 5 heteroatoms. The van der Waals surface area contributed by atoms with Gasteiger partial charge in [-0.3, -0.25) is 5.10 Å². The highest BCUT2D eigenvalue weighted by Gasteiger charge is 2.16. The Morgan fingerprint density at radius 2 is 2.36 bits per heavy atom. The Morgan fingerprint density at radius 1 is 1.64 bits per heavy atom. The minimum Gasteiger partial charge on any atom is -0.380 e. The Kier molecular flexibility index (Phi) is 4.28. The van der Waals surface area contributed by atoms with Crippen LogP contribution in [-0.2, 0) is 4.74 Å². The van der Waals surface area contributed by atoms with Gasteiger partial charge in [0.15, 0.2) is 4.77 Å². The van der Waals surface area contributed by atoms with E-state index in [2.05, 4.69) is 24.0 Å². The third-order valence-electron chi connectivity index (χ3n) is 2.20. The van der Waals surface area contributed by atoms with E-state index < -0.39 is 0 Å². The van der Waals surface area contributed by atoms with E-state index in [0.717, 1.165) is 6.61 Å². The molecule has 80 valence electrons. The zero-order valence-electron chi connectivity index (χ0n) is 8.86. The Balaban J connectivity index is 2.78. The van der Waals surface area contributed by atoms with Crippen molar-refractivity contribution < 1.29 is 4.74 Å². The monoisotopic (exact) mass is 215 g/mol. The Bertz CT molecular complexity index is 318. The summed E-state index contributed by atoms with van der Waals surface area (Å²) in [7, 11) is 0. The van der Waals surface area contributed by atoms with Crippen molar-refractivity contribution in [3.63, 3.8) is 0 Å². The lowest BCUT2D eigenvalue weighted by molar-refractivity contribution is 0.0958. The first-order valence-corrected chi connectivity index (χ1v) is 5.26. The van der Waals surface area contributed by atoms with E-state index in [-0.39, 0.29) is 6.04 Å². The van der Waals surface area contributed by atoms with Gasteiger partial charge in [0.05, 0.1) is 12.6 Å². The number of H-pyrrole nitrogens is 1. The van der Waals surface area contributed by atoms with Gasteiger partial charge in [0, 0.05) is 6.61 Å². The number of hydrogen-bond acceptors (Lipinski definition) is 3. The summed E-state index contributed by atoms with van der Waals surface area (Å²) >= 11 is 5.12. The van der Waals surface area contributed by atoms with Crippen LogP contribution in [0.4, 0.5) is 0 Å². The molecule has 1 N–H and O–H groups in total. The number of aromatic amines is 1. The predicted molar refractivity (Wildman–Crippen MR) is 57.8 cm³/mol. The third kappa shape index (κ3) is 2.65. The maximum atomic E-state index is 5.43. The van der Waals surface area contributed by atoms with E-state index in [1.54, 1.807) is 6.33 Å². The van der Waals surface area contributed by atoms with Crippen LogP contribution in [0.25, 0.3) is 0 Å². The molecule has 0 aliphatic carbocycles. The minimum atomic E-state index is 0.265. The number of hydrogen-bond donors (Lipinski definition) is 1. The summed E-state index contributed by atoms with van der Waals surface area (Å²) in [4.78, 5) is 0. The van der Waals surface area contributed by atoms with E-state index >= 15 is 0 Å². The maximum absolute atomic E-state index is 5.43. The van der Waals surface area contributed by atoms with Gasteiger partial charge < -0.3 is 9.30 Å². The summed E-state index contributed by atoms with van der Waals surface area (Å²) in [5.41, 5.74) is 0. The molecular formula is C9H17N3OS. The molecule has 1 aromatic rings. The summed E-state index contributed by atoms with van der Waals surface area (Å²) in [6, 6.07) is 0.265. The van der Waals surface area contributed by atoms with E-state index in [4.69, 9.17) is 17.0 Å². The Morgan fingerprint density at radius 3 is 2.79 bits per heavy atom. The molecule has 0 fully saturated rings. The molecule has 14 heavy (non-hydrogen) atoms. The molecule has 0 bridgehead atoms. The highest BCUT2D eigenvalue weighted by Crippen LogP contribution is 2.17. The molecule has 1 unspecified atom stereocenters. The van der Waals surface area contributed by atoms with Gasteiger partial charge in [-0.25, -0.2) is 0 Å². The van der Waals surface area contributed by atoms with Crippen LogP contribution in [0.2, 0.25) is 0 Å². The van der Waals surface area contributed by atoms with Crippen LogP contribution in [0.3, 0.4) is 0 Å². The second kappa shape index (κ2) is 5.26. The molecule has 0 aliphatic heterocycles. The average Bonchev–Trinajstić information content (AvgIpc) is 2.52. The summed E-state index contributed by atoms with van der Waals surface area (Å²) in [6.45, 7) is 7.71. The quantitative estimate of drug-likeness (QED) is 0.765. The van der Waals surface area contributed by atoms with Gasteiger partial charge in [-0.2, -0.15) is 5.10 Å². The lowest BCUT2D eigenvalue weighted by Gasteiger charge is -2.21. The minimum absolute atomic E-state index is 0.265. The number of nitrogens with one attached hydrogen (secondary N) is 1. The van der Waals surface area contributed by atoms with Crippen LogP contribution in [0.5, 0.6) is 0 Å². The molecule has 1 rings (SSSR count). The topological polar surface area (TPSA) is 42.8 Å². The van der Waals surface area contributed by atoms with Gasteiger partial charge in [0.25, 0.3) is 0 Å². The molecule has 0 aromatic carbocycles. The van der Waals surface area contributed by atoms with Gasteiger partial charge in [-0.15, -0.1) is 0 Å². The fourth-order valence-electron chi connectivity index (χ4n) is 1.33. The molecule has 1 heterocycles. The maximum Gasteiger partial charge on any atom is 0.195 e. The second-order valence-electron chi connectivity index (χ2n) is 3.54. The van der Waals surface area contributed by atoms with E-state index in [0.29, 0.717) is 17.3 Å². The highest BCUT2D eigenvalue weighted by atomic mass is 32.1. The van der Waals surface area contributed by atoms with Crippen LogP contribution < -0.4 is 0 Å². The zero-order chi connectivity index (χ0) is 10.6. The normalized spacial score (nSPS) is 13.4. The predicted octanol–water partition coefficient (Wildman–Crippen LogP) is 2.17. The van der Waals surface area contributed by atoms with Gasteiger partial charge in [-0.05, 0) is 25.1 Å². The SMILES string of the molecule is CCOCC(C(C)C)n1cn[nH]c1=S. The molecule has 0 saturated carbocycles. The van der Waals surface area contributed by atoms with Crippen molar-refractivity contribution in [2.45, 2.75) is 26.8 Å². The Labute approximate surface area is 89.3 Å². The first-order valence-electron chi connectivity index (χ1n) is 4.86. The van der Waals surface area contributed by atoms with E-state index in [1.165, 1.54) is 0 Å². The summed E-state index contributed by atoms with van der Waals surface area (Å²) in [5, 5.41) is 6.66. The number of rotatable bonds is 5. The summed E-state index contributed by atoms with van der Waals surface area (Å²) in [5.74, 6) is 0.478. The highest BCUT2D eigenvalue weighted by molar-refractivity contribution is 7.71. The van der Waals surface area contributed by atoms with Crippen LogP contribution in [-0.4, -0.2) is 28.0 Å². The van der Waals surface area contributed by atoms with Gasteiger partial charge in [0.1, 0.15) is 6.33 Å². The van der Waals surface area contributed by atoms with Crippen LogP contribution in [0.1, 0.15) is 26.8 Å². The molecule has 4 nitrogen and oxygen atoms in total. The summed E-state index contributed by atoms with van der Waals surface area (Å²) < 4.78 is 8.04. The van der Waals surface area contributed by atoms with Crippen LogP contribution >= 0.6 is 12.2 Å². The Hall–Kier alpha value is -0.680. The average molecular weight is 215 g/mol. The van der Waals surface area contributed by atoms with Gasteiger partial charge in [0.2, 0.25) is 0 Å². The first-order chi connectivity index (χ1) is 6.66.